The maximum absolute atomic E-state index is 13.8. The molecule has 2 aromatic rings. The molecule has 1 fully saturated rings. The molecule has 0 saturated carbocycles. The van der Waals surface area contributed by atoms with Gasteiger partial charge in [0.05, 0.1) is 25.0 Å². The minimum atomic E-state index is -1.12. The van der Waals surface area contributed by atoms with Crippen LogP contribution in [0.2, 0.25) is 0 Å². The quantitative estimate of drug-likeness (QED) is 0.868. The van der Waals surface area contributed by atoms with Crippen LogP contribution < -0.4 is 0 Å². The van der Waals surface area contributed by atoms with E-state index in [2.05, 4.69) is 4.98 Å². The second kappa shape index (κ2) is 7.61. The SMILES string of the molecule is O=C(O)[C@H]1COCCN1C(=O)CCc1ncc(-c2ccc(F)cc2F)o1. The van der Waals surface area contributed by atoms with Gasteiger partial charge >= 0.3 is 5.97 Å². The zero-order chi connectivity index (χ0) is 18.7. The molecule has 1 atom stereocenters. The number of aromatic nitrogens is 1. The predicted molar refractivity (Wildman–Crippen MR) is 84.1 cm³/mol. The third-order valence-electron chi connectivity index (χ3n) is 4.04. The minimum Gasteiger partial charge on any atom is -0.480 e. The van der Waals surface area contributed by atoms with Crippen LogP contribution in [0.1, 0.15) is 12.3 Å². The number of carboxylic acid groups (broad SMARTS) is 1. The fourth-order valence-corrected chi connectivity index (χ4v) is 2.70. The van der Waals surface area contributed by atoms with Gasteiger partial charge < -0.3 is 19.2 Å². The van der Waals surface area contributed by atoms with Crippen LogP contribution in [0.15, 0.2) is 28.8 Å². The van der Waals surface area contributed by atoms with Gasteiger partial charge in [-0.2, -0.15) is 0 Å². The van der Waals surface area contributed by atoms with Gasteiger partial charge in [-0.15, -0.1) is 0 Å². The highest BCUT2D eigenvalue weighted by Crippen LogP contribution is 2.24. The first-order valence-corrected chi connectivity index (χ1v) is 7.96. The van der Waals surface area contributed by atoms with Crippen LogP contribution in [-0.4, -0.2) is 52.7 Å². The molecule has 0 unspecified atom stereocenters. The Morgan fingerprint density at radius 3 is 2.88 bits per heavy atom. The minimum absolute atomic E-state index is 0.00433. The zero-order valence-corrected chi connectivity index (χ0v) is 13.7. The number of morpholine rings is 1. The highest BCUT2D eigenvalue weighted by molar-refractivity contribution is 5.84. The molecule has 1 saturated heterocycles. The van der Waals surface area contributed by atoms with Gasteiger partial charge in [0.25, 0.3) is 0 Å². The third kappa shape index (κ3) is 3.88. The summed E-state index contributed by atoms with van der Waals surface area (Å²) in [5.74, 6) is -2.62. The third-order valence-corrected chi connectivity index (χ3v) is 4.04. The molecule has 1 aromatic heterocycles. The maximum Gasteiger partial charge on any atom is 0.328 e. The maximum atomic E-state index is 13.8. The molecule has 0 spiro atoms. The predicted octanol–water partition coefficient (Wildman–Crippen LogP) is 1.86. The molecule has 26 heavy (non-hydrogen) atoms. The van der Waals surface area contributed by atoms with Crippen molar-refractivity contribution in [2.24, 2.45) is 0 Å². The number of benzene rings is 1. The Hall–Kier alpha value is -2.81. The van der Waals surface area contributed by atoms with Crippen molar-refractivity contribution in [3.8, 4) is 11.3 Å². The normalized spacial score (nSPS) is 17.3. The van der Waals surface area contributed by atoms with Crippen LogP contribution in [0.25, 0.3) is 11.3 Å². The van der Waals surface area contributed by atoms with Gasteiger partial charge in [0.1, 0.15) is 11.6 Å². The number of nitrogens with zero attached hydrogens (tertiary/aromatic N) is 2. The number of amides is 1. The van der Waals surface area contributed by atoms with E-state index in [0.29, 0.717) is 0 Å². The van der Waals surface area contributed by atoms with Crippen LogP contribution in [0.3, 0.4) is 0 Å². The Bertz CT molecular complexity index is 823. The lowest BCUT2D eigenvalue weighted by Gasteiger charge is -2.32. The number of hydrogen-bond donors (Lipinski definition) is 1. The molecule has 0 bridgehead atoms. The van der Waals surface area contributed by atoms with E-state index >= 15 is 0 Å². The number of carbonyl (C=O) groups is 2. The molecule has 1 amide bonds. The number of carboxylic acids is 1. The molecular formula is C17H16F2N2O5. The fraction of sp³-hybridized carbons (Fsp3) is 0.353. The van der Waals surface area contributed by atoms with Gasteiger partial charge in [-0.05, 0) is 12.1 Å². The molecule has 0 aliphatic carbocycles. The van der Waals surface area contributed by atoms with E-state index in [9.17, 15) is 18.4 Å². The van der Waals surface area contributed by atoms with Crippen molar-refractivity contribution in [2.75, 3.05) is 19.8 Å². The summed E-state index contributed by atoms with van der Waals surface area (Å²) < 4.78 is 37.2. The molecule has 1 aromatic carbocycles. The van der Waals surface area contributed by atoms with E-state index in [4.69, 9.17) is 14.3 Å². The number of ether oxygens (including phenoxy) is 1. The van der Waals surface area contributed by atoms with E-state index in [-0.39, 0.29) is 55.7 Å². The number of rotatable bonds is 5. The van der Waals surface area contributed by atoms with Crippen LogP contribution in [0, 0.1) is 11.6 Å². The van der Waals surface area contributed by atoms with E-state index in [0.717, 1.165) is 12.1 Å². The summed E-state index contributed by atoms with van der Waals surface area (Å²) >= 11 is 0. The molecular weight excluding hydrogens is 350 g/mol. The number of oxazole rings is 1. The summed E-state index contributed by atoms with van der Waals surface area (Å²) in [5, 5.41) is 9.15. The lowest BCUT2D eigenvalue weighted by Crippen LogP contribution is -2.52. The second-order valence-corrected chi connectivity index (χ2v) is 5.76. The summed E-state index contributed by atoms with van der Waals surface area (Å²) in [6.45, 7) is 0.435. The summed E-state index contributed by atoms with van der Waals surface area (Å²) in [6, 6.07) is 2.08. The molecule has 1 aliphatic heterocycles. The van der Waals surface area contributed by atoms with E-state index in [1.807, 2.05) is 0 Å². The fourth-order valence-electron chi connectivity index (χ4n) is 2.70. The van der Waals surface area contributed by atoms with Crippen molar-refractivity contribution < 1.29 is 32.6 Å². The lowest BCUT2D eigenvalue weighted by molar-refractivity contribution is -0.158. The summed E-state index contributed by atoms with van der Waals surface area (Å²) in [4.78, 5) is 28.7. The lowest BCUT2D eigenvalue weighted by atomic mass is 10.2. The largest absolute Gasteiger partial charge is 0.480 e. The van der Waals surface area contributed by atoms with Crippen molar-refractivity contribution in [3.05, 3.63) is 41.9 Å². The average molecular weight is 366 g/mol. The van der Waals surface area contributed by atoms with Crippen molar-refractivity contribution in [1.82, 2.24) is 9.88 Å². The highest BCUT2D eigenvalue weighted by atomic mass is 19.1. The number of halogens is 2. The van der Waals surface area contributed by atoms with E-state index in [1.54, 1.807) is 0 Å². The molecule has 7 nitrogen and oxygen atoms in total. The van der Waals surface area contributed by atoms with Gasteiger partial charge in [0.15, 0.2) is 17.7 Å². The molecule has 1 aliphatic rings. The molecule has 3 rings (SSSR count). The van der Waals surface area contributed by atoms with Gasteiger partial charge in [-0.3, -0.25) is 4.79 Å². The Balaban J connectivity index is 1.64. The number of aryl methyl sites for hydroxylation is 1. The first-order valence-electron chi connectivity index (χ1n) is 7.96. The Labute approximate surface area is 147 Å². The van der Waals surface area contributed by atoms with Gasteiger partial charge in [-0.25, -0.2) is 18.6 Å². The molecule has 0 radical (unpaired) electrons. The average Bonchev–Trinajstić information content (AvgIpc) is 3.08. The summed E-state index contributed by atoms with van der Waals surface area (Å²) in [6.07, 6.45) is 1.42. The Kier molecular flexibility index (Phi) is 5.27. The van der Waals surface area contributed by atoms with Crippen LogP contribution in [0.5, 0.6) is 0 Å². The van der Waals surface area contributed by atoms with Crippen molar-refractivity contribution in [1.29, 1.82) is 0 Å². The Morgan fingerprint density at radius 1 is 1.35 bits per heavy atom. The van der Waals surface area contributed by atoms with Gasteiger partial charge in [0, 0.05) is 25.5 Å². The topological polar surface area (TPSA) is 92.9 Å². The standard InChI is InChI=1S/C17H16F2N2O5/c18-10-1-2-11(12(19)7-10)14-8-20-15(26-14)3-4-16(22)21-5-6-25-9-13(21)17(23)24/h1-2,7-8,13H,3-6,9H2,(H,23,24)/t13-/m1/s1. The molecule has 1 N–H and O–H groups in total. The van der Waals surface area contributed by atoms with E-state index in [1.165, 1.54) is 17.2 Å². The number of carbonyl (C=O) groups excluding carboxylic acids is 1. The summed E-state index contributed by atoms with van der Waals surface area (Å²) in [7, 11) is 0. The van der Waals surface area contributed by atoms with Gasteiger partial charge in [-0.1, -0.05) is 0 Å². The van der Waals surface area contributed by atoms with Crippen molar-refractivity contribution in [2.45, 2.75) is 18.9 Å². The molecule has 2 heterocycles. The van der Waals surface area contributed by atoms with Gasteiger partial charge in [0.2, 0.25) is 5.91 Å². The number of aliphatic carboxylic acids is 1. The highest BCUT2D eigenvalue weighted by Gasteiger charge is 2.32. The van der Waals surface area contributed by atoms with Crippen LogP contribution >= 0.6 is 0 Å². The number of hydrogen-bond acceptors (Lipinski definition) is 5. The van der Waals surface area contributed by atoms with Crippen LogP contribution in [-0.2, 0) is 20.7 Å². The summed E-state index contributed by atoms with van der Waals surface area (Å²) in [5.41, 5.74) is 0.0654. The molecule has 138 valence electrons. The van der Waals surface area contributed by atoms with Crippen molar-refractivity contribution >= 4 is 11.9 Å². The first kappa shape index (κ1) is 18.0. The zero-order valence-electron chi connectivity index (χ0n) is 13.7. The monoisotopic (exact) mass is 366 g/mol. The van der Waals surface area contributed by atoms with E-state index < -0.39 is 23.6 Å². The molecule has 9 heteroatoms. The Morgan fingerprint density at radius 2 is 2.15 bits per heavy atom. The van der Waals surface area contributed by atoms with Crippen molar-refractivity contribution in [3.63, 3.8) is 0 Å². The first-order chi connectivity index (χ1) is 12.5. The van der Waals surface area contributed by atoms with Crippen LogP contribution in [0.4, 0.5) is 8.78 Å². The smallest absolute Gasteiger partial charge is 0.328 e. The second-order valence-electron chi connectivity index (χ2n) is 5.76.